The number of carbonyl (C=O) groups is 1. The van der Waals surface area contributed by atoms with Gasteiger partial charge in [0, 0.05) is 16.4 Å². The molecule has 4 nitrogen and oxygen atoms in total. The molecule has 0 saturated carbocycles. The minimum atomic E-state index is -0.438. The van der Waals surface area contributed by atoms with Gasteiger partial charge >= 0.3 is 0 Å². The Balaban J connectivity index is 1.83. The summed E-state index contributed by atoms with van der Waals surface area (Å²) in [6, 6.07) is 26.8. The van der Waals surface area contributed by atoms with Crippen LogP contribution in [0.1, 0.15) is 22.7 Å². The number of rotatable bonds is 6. The highest BCUT2D eigenvalue weighted by Gasteiger charge is 2.19. The maximum absolute atomic E-state index is 12.8. The van der Waals surface area contributed by atoms with E-state index in [-0.39, 0.29) is 11.6 Å². The number of halogens is 1. The van der Waals surface area contributed by atoms with Crippen molar-refractivity contribution in [2.45, 2.75) is 13.0 Å². The molecule has 2 N–H and O–H groups in total. The van der Waals surface area contributed by atoms with Crippen molar-refractivity contribution in [3.63, 3.8) is 0 Å². The predicted octanol–water partition coefficient (Wildman–Crippen LogP) is 5.48. The average Bonchev–Trinajstić information content (AvgIpc) is 2.75. The Labute approximate surface area is 179 Å². The molecule has 0 radical (unpaired) electrons. The number of nitrogens with one attached hydrogen (secondary N) is 2. The highest BCUT2D eigenvalue weighted by molar-refractivity contribution is 9.10. The molecule has 0 aliphatic heterocycles. The fraction of sp³-hybridized carbons (Fsp3) is 0.0833. The van der Waals surface area contributed by atoms with Crippen molar-refractivity contribution in [2.24, 2.45) is 0 Å². The molecular weight excluding hydrogens is 426 g/mol. The summed E-state index contributed by atoms with van der Waals surface area (Å²) in [5.41, 5.74) is 3.72. The van der Waals surface area contributed by atoms with Crippen LogP contribution in [0.25, 0.3) is 0 Å². The molecule has 5 heteroatoms. The van der Waals surface area contributed by atoms with Crippen LogP contribution in [-0.4, -0.2) is 5.91 Å². The normalized spacial score (nSPS) is 11.0. The number of aryl methyl sites for hydroxylation is 1. The zero-order valence-corrected chi connectivity index (χ0v) is 17.5. The molecule has 0 spiro atoms. The number of nitrogens with zero attached hydrogens (tertiary/aromatic N) is 1. The number of anilines is 1. The molecule has 0 aliphatic carbocycles. The predicted molar refractivity (Wildman–Crippen MR) is 119 cm³/mol. The van der Waals surface area contributed by atoms with E-state index in [2.05, 4.69) is 26.6 Å². The molecule has 3 rings (SSSR count). The fourth-order valence-electron chi connectivity index (χ4n) is 2.95. The van der Waals surface area contributed by atoms with Crippen molar-refractivity contribution in [2.75, 3.05) is 5.32 Å². The number of nitriles is 1. The standard InChI is InChI=1S/C24H20BrN3O/c1-17-14-21(25)12-13-22(17)27-16-20(15-26)24(29)28-23(18-8-4-2-5-9-18)19-10-6-3-7-11-19/h2-14,16,23,27H,1H3,(H,28,29)/b20-16-. The summed E-state index contributed by atoms with van der Waals surface area (Å²) in [6.07, 6.45) is 1.44. The number of carbonyl (C=O) groups excluding carboxylic acids is 1. The largest absolute Gasteiger partial charge is 0.360 e. The van der Waals surface area contributed by atoms with E-state index in [1.54, 1.807) is 0 Å². The van der Waals surface area contributed by atoms with Gasteiger partial charge in [-0.05, 0) is 41.8 Å². The van der Waals surface area contributed by atoms with Crippen LogP contribution >= 0.6 is 15.9 Å². The third kappa shape index (κ3) is 5.34. The topological polar surface area (TPSA) is 64.9 Å². The summed E-state index contributed by atoms with van der Waals surface area (Å²) in [4.78, 5) is 12.8. The molecule has 29 heavy (non-hydrogen) atoms. The lowest BCUT2D eigenvalue weighted by Crippen LogP contribution is -2.30. The van der Waals surface area contributed by atoms with Crippen LogP contribution in [0, 0.1) is 18.3 Å². The van der Waals surface area contributed by atoms with Crippen LogP contribution < -0.4 is 10.6 Å². The molecule has 0 unspecified atom stereocenters. The Hall–Kier alpha value is -3.36. The molecule has 0 heterocycles. The summed E-state index contributed by atoms with van der Waals surface area (Å²) in [7, 11) is 0. The first kappa shape index (κ1) is 20.4. The van der Waals surface area contributed by atoms with E-state index < -0.39 is 5.91 Å². The molecule has 0 fully saturated rings. The van der Waals surface area contributed by atoms with Crippen LogP contribution in [0.3, 0.4) is 0 Å². The first-order valence-corrected chi connectivity index (χ1v) is 9.91. The van der Waals surface area contributed by atoms with Gasteiger partial charge in [-0.3, -0.25) is 4.79 Å². The monoisotopic (exact) mass is 445 g/mol. The number of hydrogen-bond donors (Lipinski definition) is 2. The Morgan fingerprint density at radius 3 is 2.10 bits per heavy atom. The molecule has 3 aromatic rings. The lowest BCUT2D eigenvalue weighted by molar-refractivity contribution is -0.117. The van der Waals surface area contributed by atoms with Gasteiger partial charge in [0.15, 0.2) is 0 Å². The molecular formula is C24H20BrN3O. The zero-order valence-electron chi connectivity index (χ0n) is 15.9. The first-order chi connectivity index (χ1) is 14.1. The molecule has 0 saturated heterocycles. The van der Waals surface area contributed by atoms with E-state index in [0.717, 1.165) is 26.9 Å². The van der Waals surface area contributed by atoms with Crippen molar-refractivity contribution < 1.29 is 4.79 Å². The second-order valence-electron chi connectivity index (χ2n) is 6.50. The highest BCUT2D eigenvalue weighted by atomic mass is 79.9. The van der Waals surface area contributed by atoms with E-state index in [4.69, 9.17) is 0 Å². The van der Waals surface area contributed by atoms with Gasteiger partial charge in [-0.2, -0.15) is 5.26 Å². The van der Waals surface area contributed by atoms with E-state index in [0.29, 0.717) is 0 Å². The third-order valence-corrected chi connectivity index (χ3v) is 4.96. The number of hydrogen-bond acceptors (Lipinski definition) is 3. The highest BCUT2D eigenvalue weighted by Crippen LogP contribution is 2.23. The van der Waals surface area contributed by atoms with Crippen molar-refractivity contribution in [3.8, 4) is 6.07 Å². The van der Waals surface area contributed by atoms with Crippen LogP contribution in [0.4, 0.5) is 5.69 Å². The van der Waals surface area contributed by atoms with Crippen molar-refractivity contribution in [1.82, 2.24) is 5.32 Å². The maximum Gasteiger partial charge on any atom is 0.264 e. The fourth-order valence-corrected chi connectivity index (χ4v) is 3.42. The van der Waals surface area contributed by atoms with Gasteiger partial charge in [-0.15, -0.1) is 0 Å². The molecule has 0 aliphatic rings. The average molecular weight is 446 g/mol. The van der Waals surface area contributed by atoms with Gasteiger partial charge < -0.3 is 10.6 Å². The van der Waals surface area contributed by atoms with E-state index in [1.165, 1.54) is 6.20 Å². The van der Waals surface area contributed by atoms with E-state index >= 15 is 0 Å². The third-order valence-electron chi connectivity index (χ3n) is 4.47. The molecule has 0 aromatic heterocycles. The van der Waals surface area contributed by atoms with Crippen molar-refractivity contribution in [3.05, 3.63) is 112 Å². The van der Waals surface area contributed by atoms with Crippen molar-refractivity contribution >= 4 is 27.5 Å². The lowest BCUT2D eigenvalue weighted by atomic mass is 9.98. The summed E-state index contributed by atoms with van der Waals surface area (Å²) in [6.45, 7) is 1.95. The van der Waals surface area contributed by atoms with Gasteiger partial charge in [-0.1, -0.05) is 76.6 Å². The summed E-state index contributed by atoms with van der Waals surface area (Å²) in [5, 5.41) is 15.6. The molecule has 144 valence electrons. The Bertz CT molecular complexity index is 1020. The maximum atomic E-state index is 12.8. The van der Waals surface area contributed by atoms with E-state index in [1.807, 2.05) is 91.9 Å². The van der Waals surface area contributed by atoms with Gasteiger partial charge in [0.25, 0.3) is 5.91 Å². The van der Waals surface area contributed by atoms with Crippen molar-refractivity contribution in [1.29, 1.82) is 5.26 Å². The quantitative estimate of drug-likeness (QED) is 0.389. The van der Waals surface area contributed by atoms with Crippen LogP contribution in [0.5, 0.6) is 0 Å². The zero-order chi connectivity index (χ0) is 20.6. The molecule has 3 aromatic carbocycles. The Morgan fingerprint density at radius 2 is 1.59 bits per heavy atom. The SMILES string of the molecule is Cc1cc(Br)ccc1N/C=C(/C#N)C(=O)NC(c1ccccc1)c1ccccc1. The van der Waals surface area contributed by atoms with Crippen LogP contribution in [-0.2, 0) is 4.79 Å². The Kier molecular flexibility index (Phi) is 6.83. The van der Waals surface area contributed by atoms with Gasteiger partial charge in [-0.25, -0.2) is 0 Å². The van der Waals surface area contributed by atoms with Gasteiger partial charge in [0.1, 0.15) is 11.6 Å². The van der Waals surface area contributed by atoms with Gasteiger partial charge in [0.2, 0.25) is 0 Å². The summed E-state index contributed by atoms with van der Waals surface area (Å²) in [5.74, 6) is -0.438. The minimum Gasteiger partial charge on any atom is -0.360 e. The minimum absolute atomic E-state index is 0.00387. The molecule has 1 amide bonds. The second-order valence-corrected chi connectivity index (χ2v) is 7.42. The van der Waals surface area contributed by atoms with Crippen LogP contribution in [0.2, 0.25) is 0 Å². The summed E-state index contributed by atoms with van der Waals surface area (Å²) >= 11 is 3.43. The first-order valence-electron chi connectivity index (χ1n) is 9.12. The molecule has 0 atom stereocenters. The van der Waals surface area contributed by atoms with Crippen LogP contribution in [0.15, 0.2) is 95.1 Å². The summed E-state index contributed by atoms with van der Waals surface area (Å²) < 4.78 is 0.969. The molecule has 0 bridgehead atoms. The Morgan fingerprint density at radius 1 is 1.00 bits per heavy atom. The van der Waals surface area contributed by atoms with E-state index in [9.17, 15) is 10.1 Å². The van der Waals surface area contributed by atoms with Gasteiger partial charge in [0.05, 0.1) is 6.04 Å². The smallest absolute Gasteiger partial charge is 0.264 e. The lowest BCUT2D eigenvalue weighted by Gasteiger charge is -2.19. The number of benzene rings is 3. The number of amides is 1. The second kappa shape index (κ2) is 9.72.